The monoisotopic (exact) mass is 1850 g/mol. The molecule has 0 radical (unpaired) electrons. The number of fused-ring (bicyclic) bond motifs is 8. The normalized spacial score (nSPS) is 31.5. The number of nitrogens with zero attached hydrogens (tertiary/aromatic N) is 4. The molecule has 2 aromatic heterocycles. The van der Waals surface area contributed by atoms with Gasteiger partial charge in [-0.2, -0.15) is 0 Å². The van der Waals surface area contributed by atoms with Crippen molar-refractivity contribution in [3.05, 3.63) is 121 Å². The summed E-state index contributed by atoms with van der Waals surface area (Å²) in [5, 5.41) is 1.37. The highest BCUT2D eigenvalue weighted by molar-refractivity contribution is 7.91. The van der Waals surface area contributed by atoms with Gasteiger partial charge in [0.05, 0.1) is 109 Å². The molecule has 30 heteroatoms. The maximum atomic E-state index is 15.4. The van der Waals surface area contributed by atoms with E-state index < -0.39 is 113 Å². The van der Waals surface area contributed by atoms with Crippen molar-refractivity contribution < 1.29 is 102 Å². The van der Waals surface area contributed by atoms with E-state index in [1.54, 1.807) is 50.6 Å². The lowest BCUT2D eigenvalue weighted by Crippen LogP contribution is -2.47. The molecule has 12 aliphatic rings. The predicted octanol–water partition coefficient (Wildman–Crippen LogP) is 16.2. The Labute approximate surface area is 771 Å². The Balaban J connectivity index is 0.000000184. The van der Waals surface area contributed by atoms with Gasteiger partial charge in [0.2, 0.25) is 55.4 Å². The molecule has 26 nitrogen and oxygen atoms in total. The lowest BCUT2D eigenvalue weighted by molar-refractivity contribution is -0.155. The Morgan fingerprint density at radius 1 is 0.485 bits per heavy atom. The summed E-state index contributed by atoms with van der Waals surface area (Å²) in [7, 11) is -4.69. The number of hydrogen-bond donors (Lipinski definition) is 2. The van der Waals surface area contributed by atoms with E-state index in [1.807, 2.05) is 102 Å². The zero-order valence-corrected chi connectivity index (χ0v) is 78.6. The zero-order chi connectivity index (χ0) is 93.3. The third-order valence-electron chi connectivity index (χ3n) is 29.8. The van der Waals surface area contributed by atoms with Crippen molar-refractivity contribution in [2.75, 3.05) is 27.3 Å². The van der Waals surface area contributed by atoms with E-state index in [1.165, 1.54) is 34.8 Å². The number of ketones is 2. The van der Waals surface area contributed by atoms with E-state index in [0.717, 1.165) is 38.5 Å². The van der Waals surface area contributed by atoms with Crippen LogP contribution in [-0.2, 0) is 67.9 Å². The molecule has 708 valence electrons. The second kappa shape index (κ2) is 38.0. The molecule has 132 heavy (non-hydrogen) atoms. The van der Waals surface area contributed by atoms with E-state index in [-0.39, 0.29) is 158 Å². The number of halogens is 2. The summed E-state index contributed by atoms with van der Waals surface area (Å²) in [6, 6.07) is 21.6. The molecule has 4 aliphatic heterocycles. The van der Waals surface area contributed by atoms with Crippen LogP contribution in [0.3, 0.4) is 0 Å². The highest BCUT2D eigenvalue weighted by Gasteiger charge is 2.64. The lowest BCUT2D eigenvalue weighted by atomic mass is 9.82. The molecule has 8 saturated carbocycles. The highest BCUT2D eigenvalue weighted by atomic mass is 32.2. The van der Waals surface area contributed by atoms with Crippen molar-refractivity contribution in [2.24, 2.45) is 81.8 Å². The second-order valence-electron chi connectivity index (χ2n) is 40.9. The molecular formula is C102H124F2N6O20S2. The number of Topliss-reactive ketones (excluding diaryl/α,β-unsaturated/α-hetero) is 2. The van der Waals surface area contributed by atoms with Crippen LogP contribution in [0.4, 0.5) is 8.78 Å². The van der Waals surface area contributed by atoms with Crippen LogP contribution >= 0.6 is 0 Å². The summed E-state index contributed by atoms with van der Waals surface area (Å²) in [6.07, 6.45) is 17.4. The predicted molar refractivity (Wildman–Crippen MR) is 489 cm³/mol. The third-order valence-corrected chi connectivity index (χ3v) is 33.5. The Bertz CT molecular complexity index is 5420. The van der Waals surface area contributed by atoms with Crippen LogP contribution in [0.5, 0.6) is 34.8 Å². The van der Waals surface area contributed by atoms with Gasteiger partial charge < -0.3 is 47.7 Å². The van der Waals surface area contributed by atoms with Crippen molar-refractivity contribution in [3.63, 3.8) is 0 Å². The molecule has 8 aliphatic carbocycles. The number of methoxy groups -OCH3 is 2. The van der Waals surface area contributed by atoms with Gasteiger partial charge in [-0.15, -0.1) is 0 Å². The van der Waals surface area contributed by atoms with Crippen molar-refractivity contribution in [3.8, 4) is 57.3 Å². The minimum absolute atomic E-state index is 0.0208. The fourth-order valence-corrected chi connectivity index (χ4v) is 24.6. The smallest absolute Gasteiger partial charge is 0.306 e. The van der Waals surface area contributed by atoms with Gasteiger partial charge in [0.25, 0.3) is 0 Å². The Morgan fingerprint density at radius 2 is 0.871 bits per heavy atom. The molecule has 6 heterocycles. The fraction of sp³-hybridized carbons (Fsp3) is 0.588. The van der Waals surface area contributed by atoms with Gasteiger partial charge in [-0.1, -0.05) is 52.0 Å². The maximum absolute atomic E-state index is 15.4. The van der Waals surface area contributed by atoms with Crippen molar-refractivity contribution >= 4 is 88.7 Å². The van der Waals surface area contributed by atoms with Gasteiger partial charge >= 0.3 is 11.9 Å². The largest absolute Gasteiger partial charge is 0.497 e. The molecule has 0 spiro atoms. The number of carbonyl (C=O) groups excluding carboxylic acids is 8. The summed E-state index contributed by atoms with van der Waals surface area (Å²) < 4.78 is 136. The molecule has 2 saturated heterocycles. The van der Waals surface area contributed by atoms with Crippen LogP contribution in [0.1, 0.15) is 209 Å². The zero-order valence-electron chi connectivity index (χ0n) is 77.0. The number of benzene rings is 4. The Kier molecular flexibility index (Phi) is 27.0. The SMILES string of the molecule is COc1ccc2c(O[C@@H]3C[C@H]4C(=O)C[C@]5(C(=O)NS(=O)(=O)C6CC6)C[C@H]5/C=C\CC[C@@H](C)C[C@@H](C)[C@H](CC(=O)OC5C[C@@H]6C[C@@H]6C5)C(=O)N4C3)nc(-c3ccc(OC(C)C)c(F)c3)cc2c1.COc1ccc2c(O[C@@H]3C[C@H]4C(=O)C[C@]5(C(=O)NS(=O)(=O)C6CC6)C[C@H]5/C=C\CC[C@H](C)C[C@@H](C)[C@H](CC(=O)OC5C[C@@H]6C[C@@H]6C5)C(=O)N4C3)nc(-c3ccc(OC(C)C)c(F)c3)cc2c1. The van der Waals surface area contributed by atoms with Gasteiger partial charge in [0.15, 0.2) is 34.7 Å². The summed E-state index contributed by atoms with van der Waals surface area (Å²) >= 11 is 0. The van der Waals surface area contributed by atoms with Crippen LogP contribution < -0.4 is 37.9 Å². The number of ether oxygens (including phenoxy) is 8. The van der Waals surface area contributed by atoms with Crippen LogP contribution in [0.2, 0.25) is 0 Å². The van der Waals surface area contributed by atoms with Crippen LogP contribution in [0.15, 0.2) is 109 Å². The van der Waals surface area contributed by atoms with E-state index >= 15 is 18.4 Å². The maximum Gasteiger partial charge on any atom is 0.306 e. The first-order chi connectivity index (χ1) is 63.0. The first kappa shape index (κ1) is 93.7. The van der Waals surface area contributed by atoms with Crippen LogP contribution in [0.25, 0.3) is 44.1 Å². The number of rotatable bonds is 24. The number of allylic oxidation sites excluding steroid dienone is 4. The molecule has 6 aromatic rings. The average molecular weight is 1860 g/mol. The summed E-state index contributed by atoms with van der Waals surface area (Å²) in [5.41, 5.74) is -0.855. The number of carbonyl (C=O) groups is 8. The van der Waals surface area contributed by atoms with E-state index in [0.29, 0.717) is 143 Å². The Morgan fingerprint density at radius 3 is 1.23 bits per heavy atom. The van der Waals surface area contributed by atoms with E-state index in [9.17, 15) is 45.6 Å². The molecule has 4 amide bonds. The van der Waals surface area contributed by atoms with Gasteiger partial charge in [0, 0.05) is 47.6 Å². The number of nitrogens with one attached hydrogen (secondary N) is 2. The molecule has 2 N–H and O–H groups in total. The number of aromatic nitrogens is 2. The van der Waals surface area contributed by atoms with Crippen molar-refractivity contribution in [1.29, 1.82) is 0 Å². The minimum Gasteiger partial charge on any atom is -0.497 e. The molecule has 10 fully saturated rings. The lowest BCUT2D eigenvalue weighted by Gasteiger charge is -2.32. The summed E-state index contributed by atoms with van der Waals surface area (Å²) in [6.45, 7) is 15.4. The molecule has 18 rings (SSSR count). The summed E-state index contributed by atoms with van der Waals surface area (Å²) in [5.74, 6) is -3.07. The molecule has 2 unspecified atom stereocenters. The first-order valence-electron chi connectivity index (χ1n) is 47.7. The number of esters is 2. The van der Waals surface area contributed by atoms with Crippen molar-refractivity contribution in [1.82, 2.24) is 29.2 Å². The number of hydrogen-bond acceptors (Lipinski definition) is 22. The first-order valence-corrected chi connectivity index (χ1v) is 50.8. The van der Waals surface area contributed by atoms with Gasteiger partial charge in [-0.3, -0.25) is 47.8 Å². The minimum atomic E-state index is -3.90. The highest BCUT2D eigenvalue weighted by Crippen LogP contribution is 2.60. The van der Waals surface area contributed by atoms with Gasteiger partial charge in [-0.05, 0) is 298 Å². The van der Waals surface area contributed by atoms with Crippen LogP contribution in [0, 0.1) is 93.5 Å². The molecular weight excluding hydrogens is 1730 g/mol. The second-order valence-corrected chi connectivity index (χ2v) is 44.8. The molecule has 0 bridgehead atoms. The third kappa shape index (κ3) is 21.0. The molecule has 4 aromatic carbocycles. The molecule has 20 atom stereocenters. The quantitative estimate of drug-likeness (QED) is 0.0420. The van der Waals surface area contributed by atoms with E-state index in [2.05, 4.69) is 23.3 Å². The number of pyridine rings is 2. The van der Waals surface area contributed by atoms with Crippen molar-refractivity contribution in [2.45, 2.75) is 269 Å². The van der Waals surface area contributed by atoms with Gasteiger partial charge in [0.1, 0.15) is 35.9 Å². The van der Waals surface area contributed by atoms with Gasteiger partial charge in [-0.25, -0.2) is 35.6 Å². The van der Waals surface area contributed by atoms with Crippen LogP contribution in [-0.4, -0.2) is 170 Å². The standard InChI is InChI=1S/2C51H62FN3O10S/c2*1-28(2)63-46-15-10-31(21-42(46)52)43-22-34-20-36(62-5)11-14-40(34)48(53-43)65-38-23-44-45(56)26-51(50(59)54-66(60,61)39-12-13-39)25-35(51)9-7-6-8-29(3)16-30(4)41(49(58)55(44)27-38)24-47(57)64-37-18-32-17-33(32)19-37/h2*7,9-11,14-15,20-22,28-30,32-33,35,37-39,41,44H,6,8,12-13,16-19,23-27H2,1-5H3,(H,54,59)/b2*9-7-/t29-,30+,32-,33+,35+,37?,38+,41-,44-,51+;29-,30-,32-,33+,35-,37?,38-,41+,44+,51-/m01/s1. The number of sulfonamides is 2. The Hall–Kier alpha value is -10.1. The number of amides is 4. The summed E-state index contributed by atoms with van der Waals surface area (Å²) in [4.78, 5) is 129. The average Bonchev–Trinajstić information content (AvgIpc) is 1.59. The topological polar surface area (TPSA) is 335 Å². The van der Waals surface area contributed by atoms with E-state index in [4.69, 9.17) is 47.9 Å². The fourth-order valence-electron chi connectivity index (χ4n) is 21.8.